The van der Waals surface area contributed by atoms with Crippen LogP contribution in [0.1, 0.15) is 13.3 Å². The largest absolute Gasteiger partial charge is 0.297 e. The maximum absolute atomic E-state index is 7.60. The lowest BCUT2D eigenvalue weighted by molar-refractivity contribution is 1.16. The molecule has 4 heteroatoms. The minimum absolute atomic E-state index is 0.383. The van der Waals surface area contributed by atoms with Gasteiger partial charge < -0.3 is 0 Å². The number of nitrogens with zero attached hydrogens (tertiary/aromatic N) is 2. The van der Waals surface area contributed by atoms with Gasteiger partial charge in [-0.05, 0) is 16.1 Å². The van der Waals surface area contributed by atoms with E-state index in [9.17, 15) is 0 Å². The Kier molecular flexibility index (Phi) is 4.01. The molecule has 0 radical (unpaired) electrons. The first-order chi connectivity index (χ1) is 6.29. The second kappa shape index (κ2) is 5.06. The van der Waals surface area contributed by atoms with Crippen LogP contribution in [0.15, 0.2) is 32.0 Å². The Morgan fingerprint density at radius 2 is 2.46 bits per heavy atom. The lowest BCUT2D eigenvalue weighted by Gasteiger charge is -2.09. The van der Waals surface area contributed by atoms with Gasteiger partial charge in [0, 0.05) is 12.4 Å². The molecular formula is C9H10IN3. The number of hydrogen-bond acceptors (Lipinski definition) is 3. The molecule has 1 rings (SSSR count). The molecule has 1 heterocycles. The smallest absolute Gasteiger partial charge is 0.0982 e. The summed E-state index contributed by atoms with van der Waals surface area (Å²) in [5.41, 5.74) is 2.13. The highest BCUT2D eigenvalue weighted by atomic mass is 127. The summed E-state index contributed by atoms with van der Waals surface area (Å²) in [6, 6.07) is 0. The van der Waals surface area contributed by atoms with Crippen molar-refractivity contribution in [3.05, 3.63) is 22.1 Å². The Hall–Kier alpha value is -0.780. The van der Waals surface area contributed by atoms with E-state index in [4.69, 9.17) is 5.41 Å². The Bertz CT molecular complexity index is 324. The maximum Gasteiger partial charge on any atom is 0.0982 e. The predicted molar refractivity (Wildman–Crippen MR) is 65.2 cm³/mol. The van der Waals surface area contributed by atoms with Crippen LogP contribution in [0.4, 0.5) is 0 Å². The molecule has 0 aromatic heterocycles. The molecule has 0 unspecified atom stereocenters. The van der Waals surface area contributed by atoms with Gasteiger partial charge >= 0.3 is 0 Å². The van der Waals surface area contributed by atoms with E-state index in [1.807, 2.05) is 11.0 Å². The van der Waals surface area contributed by atoms with Crippen LogP contribution in [-0.4, -0.2) is 17.6 Å². The third kappa shape index (κ3) is 2.58. The second-order valence-corrected chi connectivity index (χ2v) is 3.17. The summed E-state index contributed by atoms with van der Waals surface area (Å²) in [5, 5.41) is 7.60. The molecule has 0 bridgehead atoms. The highest BCUT2D eigenvalue weighted by molar-refractivity contribution is 14.1. The minimum Gasteiger partial charge on any atom is -0.297 e. The number of allylic oxidation sites excluding steroid dienone is 1. The first kappa shape index (κ1) is 10.3. The van der Waals surface area contributed by atoms with Gasteiger partial charge in [0.25, 0.3) is 0 Å². The molecule has 0 spiro atoms. The average Bonchev–Trinajstić information content (AvgIpc) is 2.15. The molecule has 0 atom stereocenters. The van der Waals surface area contributed by atoms with E-state index in [1.165, 1.54) is 6.21 Å². The van der Waals surface area contributed by atoms with Crippen molar-refractivity contribution in [1.29, 1.82) is 5.41 Å². The Balaban J connectivity index is 2.99. The van der Waals surface area contributed by atoms with Crippen molar-refractivity contribution >= 4 is 40.2 Å². The fourth-order valence-corrected chi connectivity index (χ4v) is 1.17. The number of aliphatic imine (C=N–C) groups is 2. The fourth-order valence-electron chi connectivity index (χ4n) is 1.01. The van der Waals surface area contributed by atoms with Gasteiger partial charge in [-0.25, -0.2) is 0 Å². The van der Waals surface area contributed by atoms with E-state index in [-0.39, 0.29) is 0 Å². The van der Waals surface area contributed by atoms with Gasteiger partial charge in [-0.3, -0.25) is 15.4 Å². The van der Waals surface area contributed by atoms with Gasteiger partial charge in [0.2, 0.25) is 0 Å². The highest BCUT2D eigenvalue weighted by Crippen LogP contribution is 2.09. The minimum atomic E-state index is 0.383. The number of halogens is 1. The summed E-state index contributed by atoms with van der Waals surface area (Å²) in [6.45, 7) is 2.03. The topological polar surface area (TPSA) is 48.6 Å². The van der Waals surface area contributed by atoms with Gasteiger partial charge in [-0.15, -0.1) is 0 Å². The Morgan fingerprint density at radius 1 is 1.69 bits per heavy atom. The third-order valence-corrected chi connectivity index (χ3v) is 1.96. The van der Waals surface area contributed by atoms with Crippen LogP contribution >= 0.6 is 22.6 Å². The highest BCUT2D eigenvalue weighted by Gasteiger charge is 2.11. The molecule has 0 aliphatic carbocycles. The summed E-state index contributed by atoms with van der Waals surface area (Å²) < 4.78 is 1.82. The summed E-state index contributed by atoms with van der Waals surface area (Å²) >= 11 is 2.10. The molecule has 0 aromatic rings. The standard InChI is InChI=1S/C9H10IN3/c1-2-7-5-12-6-8(11)9(7)13-4-3-10/h3-6,11H,2H2,1H3/b4-3-,11-8?,13-9?. The molecule has 1 N–H and O–H groups in total. The van der Waals surface area contributed by atoms with Gasteiger partial charge in [-0.1, -0.05) is 29.5 Å². The normalized spacial score (nSPS) is 20.0. The molecular weight excluding hydrogens is 277 g/mol. The number of hydrogen-bond donors (Lipinski definition) is 1. The molecule has 0 fully saturated rings. The van der Waals surface area contributed by atoms with Crippen molar-refractivity contribution in [2.75, 3.05) is 0 Å². The lowest BCUT2D eigenvalue weighted by Crippen LogP contribution is -2.19. The van der Waals surface area contributed by atoms with E-state index in [0.29, 0.717) is 5.71 Å². The summed E-state index contributed by atoms with van der Waals surface area (Å²) in [6.07, 6.45) is 5.82. The maximum atomic E-state index is 7.60. The number of nitrogens with one attached hydrogen (secondary N) is 1. The fraction of sp³-hybridized carbons (Fsp3) is 0.222. The van der Waals surface area contributed by atoms with E-state index in [0.717, 1.165) is 17.7 Å². The zero-order chi connectivity index (χ0) is 9.68. The van der Waals surface area contributed by atoms with Crippen LogP contribution in [-0.2, 0) is 0 Å². The van der Waals surface area contributed by atoms with E-state index in [2.05, 4.69) is 32.6 Å². The zero-order valence-electron chi connectivity index (χ0n) is 7.29. The molecule has 13 heavy (non-hydrogen) atoms. The van der Waals surface area contributed by atoms with Gasteiger partial charge in [0.05, 0.1) is 17.6 Å². The predicted octanol–water partition coefficient (Wildman–Crippen LogP) is 2.73. The zero-order valence-corrected chi connectivity index (χ0v) is 9.45. The van der Waals surface area contributed by atoms with E-state index < -0.39 is 0 Å². The van der Waals surface area contributed by atoms with Crippen LogP contribution in [0.25, 0.3) is 0 Å². The molecule has 0 saturated carbocycles. The molecule has 1 aliphatic rings. The Morgan fingerprint density at radius 3 is 3.08 bits per heavy atom. The van der Waals surface area contributed by atoms with Crippen molar-refractivity contribution in [2.45, 2.75) is 13.3 Å². The van der Waals surface area contributed by atoms with Crippen LogP contribution < -0.4 is 0 Å². The van der Waals surface area contributed by atoms with Crippen molar-refractivity contribution in [3.8, 4) is 0 Å². The van der Waals surface area contributed by atoms with Crippen LogP contribution in [0.3, 0.4) is 0 Å². The van der Waals surface area contributed by atoms with Crippen molar-refractivity contribution in [3.63, 3.8) is 0 Å². The third-order valence-electron chi connectivity index (χ3n) is 1.63. The molecule has 0 aromatic carbocycles. The first-order valence-corrected chi connectivity index (χ1v) is 5.18. The van der Waals surface area contributed by atoms with E-state index in [1.54, 1.807) is 12.4 Å². The van der Waals surface area contributed by atoms with E-state index >= 15 is 0 Å². The lowest BCUT2D eigenvalue weighted by atomic mass is 10.0. The molecule has 1 aliphatic heterocycles. The quantitative estimate of drug-likeness (QED) is 0.759. The molecule has 3 nitrogen and oxygen atoms in total. The molecule has 68 valence electrons. The summed E-state index contributed by atoms with van der Waals surface area (Å²) in [7, 11) is 0. The SMILES string of the molecule is CCC1=CN=CC(=N)C1=N/C=C\I. The summed E-state index contributed by atoms with van der Waals surface area (Å²) in [5.74, 6) is 0. The van der Waals surface area contributed by atoms with Gasteiger partial charge in [-0.2, -0.15) is 0 Å². The van der Waals surface area contributed by atoms with Crippen molar-refractivity contribution in [1.82, 2.24) is 0 Å². The molecule has 0 amide bonds. The Labute approximate surface area is 91.0 Å². The van der Waals surface area contributed by atoms with Crippen LogP contribution in [0.5, 0.6) is 0 Å². The van der Waals surface area contributed by atoms with Crippen LogP contribution in [0.2, 0.25) is 0 Å². The average molecular weight is 287 g/mol. The van der Waals surface area contributed by atoms with Crippen molar-refractivity contribution < 1.29 is 0 Å². The van der Waals surface area contributed by atoms with Crippen LogP contribution in [0, 0.1) is 5.41 Å². The monoisotopic (exact) mass is 287 g/mol. The summed E-state index contributed by atoms with van der Waals surface area (Å²) in [4.78, 5) is 8.13. The second-order valence-electron chi connectivity index (χ2n) is 2.45. The van der Waals surface area contributed by atoms with Gasteiger partial charge in [0.1, 0.15) is 0 Å². The van der Waals surface area contributed by atoms with Crippen molar-refractivity contribution in [2.24, 2.45) is 9.98 Å². The first-order valence-electron chi connectivity index (χ1n) is 3.94. The number of rotatable bonds is 2. The molecule has 0 saturated heterocycles. The van der Waals surface area contributed by atoms with Gasteiger partial charge in [0.15, 0.2) is 0 Å².